The Morgan fingerprint density at radius 1 is 1.64 bits per heavy atom. The van der Waals surface area contributed by atoms with E-state index < -0.39 is 12.0 Å². The molecule has 0 aromatic rings. The van der Waals surface area contributed by atoms with E-state index in [9.17, 15) is 9.59 Å². The zero-order valence-electron chi connectivity index (χ0n) is 6.24. The maximum absolute atomic E-state index is 10.7. The Labute approximate surface area is 69.1 Å². The van der Waals surface area contributed by atoms with Gasteiger partial charge in [-0.1, -0.05) is 11.8 Å². The number of aliphatic carboxylic acids is 1. The van der Waals surface area contributed by atoms with E-state index in [0.29, 0.717) is 0 Å². The highest BCUT2D eigenvalue weighted by atomic mass is 32.2. The maximum Gasteiger partial charge on any atom is 0.320 e. The first-order valence-corrected chi connectivity index (χ1v) is 4.35. The molecular formula is C6H11NO3S. The Kier molecular flexibility index (Phi) is 4.89. The lowest BCUT2D eigenvalue weighted by Crippen LogP contribution is -2.30. The van der Waals surface area contributed by atoms with Crippen molar-refractivity contribution in [1.29, 1.82) is 0 Å². The van der Waals surface area contributed by atoms with Crippen LogP contribution in [0, 0.1) is 0 Å². The van der Waals surface area contributed by atoms with Gasteiger partial charge in [-0.3, -0.25) is 9.59 Å². The average Bonchev–Trinajstić information content (AvgIpc) is 1.99. The summed E-state index contributed by atoms with van der Waals surface area (Å²) in [6, 6.07) is -0.911. The molecule has 0 aromatic carbocycles. The van der Waals surface area contributed by atoms with Gasteiger partial charge in [0.2, 0.25) is 0 Å². The van der Waals surface area contributed by atoms with Crippen LogP contribution in [0.1, 0.15) is 12.8 Å². The van der Waals surface area contributed by atoms with Gasteiger partial charge in [-0.25, -0.2) is 0 Å². The summed E-state index contributed by atoms with van der Waals surface area (Å²) in [5.41, 5.74) is 5.16. The van der Waals surface area contributed by atoms with Crippen LogP contribution in [0.5, 0.6) is 0 Å². The van der Waals surface area contributed by atoms with Crippen LogP contribution in [0.2, 0.25) is 0 Å². The Balaban J connectivity index is 3.54. The van der Waals surface area contributed by atoms with Crippen LogP contribution in [0.15, 0.2) is 0 Å². The van der Waals surface area contributed by atoms with Crippen molar-refractivity contribution in [2.45, 2.75) is 18.9 Å². The fourth-order valence-electron chi connectivity index (χ4n) is 0.499. The number of carboxylic acids is 1. The quantitative estimate of drug-likeness (QED) is 0.635. The summed E-state index contributed by atoms with van der Waals surface area (Å²) >= 11 is 1.09. The number of thioether (sulfide) groups is 1. The van der Waals surface area contributed by atoms with E-state index in [1.165, 1.54) is 0 Å². The number of nitrogens with two attached hydrogens (primary N) is 1. The lowest BCUT2D eigenvalue weighted by Gasteiger charge is -2.02. The van der Waals surface area contributed by atoms with E-state index in [1.54, 1.807) is 6.26 Å². The smallest absolute Gasteiger partial charge is 0.320 e. The molecule has 0 unspecified atom stereocenters. The molecule has 0 bridgehead atoms. The lowest BCUT2D eigenvalue weighted by molar-refractivity contribution is -0.138. The van der Waals surface area contributed by atoms with Crippen LogP contribution in [-0.4, -0.2) is 28.5 Å². The minimum absolute atomic E-state index is 0.0262. The minimum Gasteiger partial charge on any atom is -0.480 e. The van der Waals surface area contributed by atoms with Crippen molar-refractivity contribution in [3.05, 3.63) is 0 Å². The van der Waals surface area contributed by atoms with Crippen LogP contribution in [-0.2, 0) is 9.59 Å². The molecule has 0 radical (unpaired) electrons. The van der Waals surface area contributed by atoms with Crippen molar-refractivity contribution in [2.24, 2.45) is 5.73 Å². The molecule has 11 heavy (non-hydrogen) atoms. The van der Waals surface area contributed by atoms with E-state index in [-0.39, 0.29) is 18.0 Å². The van der Waals surface area contributed by atoms with Crippen molar-refractivity contribution in [2.75, 3.05) is 6.26 Å². The third kappa shape index (κ3) is 4.80. The largest absolute Gasteiger partial charge is 0.480 e. The molecule has 0 aromatic heterocycles. The number of carbonyl (C=O) groups is 2. The summed E-state index contributed by atoms with van der Waals surface area (Å²) in [5.74, 6) is -1.06. The first kappa shape index (κ1) is 10.4. The number of hydrogen-bond donors (Lipinski definition) is 2. The molecule has 0 amide bonds. The zero-order valence-corrected chi connectivity index (χ0v) is 7.06. The molecule has 0 saturated heterocycles. The second-order valence-electron chi connectivity index (χ2n) is 2.06. The molecule has 1 atom stereocenters. The van der Waals surface area contributed by atoms with E-state index in [1.807, 2.05) is 0 Å². The van der Waals surface area contributed by atoms with Crippen LogP contribution < -0.4 is 5.73 Å². The molecule has 0 aliphatic rings. The predicted molar refractivity (Wildman–Crippen MR) is 43.4 cm³/mol. The Bertz CT molecular complexity index is 160. The van der Waals surface area contributed by atoms with Gasteiger partial charge in [0.1, 0.15) is 6.04 Å². The van der Waals surface area contributed by atoms with Gasteiger partial charge in [-0.2, -0.15) is 0 Å². The van der Waals surface area contributed by atoms with Crippen molar-refractivity contribution >= 4 is 22.8 Å². The van der Waals surface area contributed by atoms with E-state index in [4.69, 9.17) is 10.8 Å². The zero-order chi connectivity index (χ0) is 8.85. The molecule has 0 aliphatic carbocycles. The third-order valence-electron chi connectivity index (χ3n) is 1.20. The van der Waals surface area contributed by atoms with Gasteiger partial charge in [-0.05, 0) is 12.7 Å². The highest BCUT2D eigenvalue weighted by Gasteiger charge is 2.12. The molecule has 0 fully saturated rings. The van der Waals surface area contributed by atoms with E-state index >= 15 is 0 Å². The second-order valence-corrected chi connectivity index (χ2v) is 2.92. The molecule has 0 spiro atoms. The summed E-state index contributed by atoms with van der Waals surface area (Å²) in [5, 5.41) is 8.30. The summed E-state index contributed by atoms with van der Waals surface area (Å²) in [7, 11) is 0. The maximum atomic E-state index is 10.7. The van der Waals surface area contributed by atoms with Crippen LogP contribution in [0.3, 0.4) is 0 Å². The van der Waals surface area contributed by atoms with E-state index in [2.05, 4.69) is 0 Å². The van der Waals surface area contributed by atoms with Crippen molar-refractivity contribution in [3.8, 4) is 0 Å². The number of carboxylic acid groups (broad SMARTS) is 1. The van der Waals surface area contributed by atoms with Crippen molar-refractivity contribution in [1.82, 2.24) is 0 Å². The normalized spacial score (nSPS) is 12.5. The predicted octanol–water partition coefficient (Wildman–Crippen LogP) is 0.0681. The van der Waals surface area contributed by atoms with Gasteiger partial charge >= 0.3 is 5.97 Å². The molecule has 4 nitrogen and oxygen atoms in total. The molecule has 5 heteroatoms. The standard InChI is InChI=1S/C6H11NO3S/c1-11-5(8)3-2-4(7)6(9)10/h4H,2-3,7H2,1H3,(H,9,10)/t4-/m0/s1. The van der Waals surface area contributed by atoms with Gasteiger partial charge < -0.3 is 10.8 Å². The van der Waals surface area contributed by atoms with Crippen LogP contribution in [0.4, 0.5) is 0 Å². The highest BCUT2D eigenvalue weighted by Crippen LogP contribution is 2.04. The third-order valence-corrected chi connectivity index (χ3v) is 1.86. The molecule has 0 heterocycles. The fourth-order valence-corrected chi connectivity index (χ4v) is 0.821. The summed E-state index contributed by atoms with van der Waals surface area (Å²) in [6.07, 6.45) is 2.11. The summed E-state index contributed by atoms with van der Waals surface area (Å²) in [4.78, 5) is 20.8. The number of hydrogen-bond acceptors (Lipinski definition) is 4. The second kappa shape index (κ2) is 5.15. The molecule has 64 valence electrons. The van der Waals surface area contributed by atoms with Gasteiger partial charge in [0.15, 0.2) is 5.12 Å². The molecular weight excluding hydrogens is 166 g/mol. The topological polar surface area (TPSA) is 80.4 Å². The molecule has 0 rings (SSSR count). The van der Waals surface area contributed by atoms with Gasteiger partial charge in [0.25, 0.3) is 0 Å². The summed E-state index contributed by atoms with van der Waals surface area (Å²) < 4.78 is 0. The summed E-state index contributed by atoms with van der Waals surface area (Å²) in [6.45, 7) is 0. The SMILES string of the molecule is CSC(=O)CC[C@H](N)C(=O)O. The van der Waals surface area contributed by atoms with Gasteiger partial charge in [0.05, 0.1) is 0 Å². The number of carbonyl (C=O) groups excluding carboxylic acids is 1. The monoisotopic (exact) mass is 177 g/mol. The lowest BCUT2D eigenvalue weighted by atomic mass is 10.2. The minimum atomic E-state index is -1.06. The Hall–Kier alpha value is -0.550. The van der Waals surface area contributed by atoms with Crippen molar-refractivity contribution in [3.63, 3.8) is 0 Å². The van der Waals surface area contributed by atoms with Gasteiger partial charge in [-0.15, -0.1) is 0 Å². The van der Waals surface area contributed by atoms with Crippen molar-refractivity contribution < 1.29 is 14.7 Å². The molecule has 0 saturated carbocycles. The van der Waals surface area contributed by atoms with Crippen LogP contribution >= 0.6 is 11.8 Å². The molecule has 0 aliphatic heterocycles. The number of rotatable bonds is 4. The van der Waals surface area contributed by atoms with E-state index in [0.717, 1.165) is 11.8 Å². The first-order valence-electron chi connectivity index (χ1n) is 3.13. The molecule has 3 N–H and O–H groups in total. The van der Waals surface area contributed by atoms with Crippen LogP contribution in [0.25, 0.3) is 0 Å². The Morgan fingerprint density at radius 3 is 2.55 bits per heavy atom. The highest BCUT2D eigenvalue weighted by molar-refractivity contribution is 8.13. The first-order chi connectivity index (χ1) is 5.07. The fraction of sp³-hybridized carbons (Fsp3) is 0.667. The van der Waals surface area contributed by atoms with Gasteiger partial charge in [0, 0.05) is 6.42 Å². The Morgan fingerprint density at radius 2 is 2.18 bits per heavy atom. The average molecular weight is 177 g/mol.